The van der Waals surface area contributed by atoms with Crippen LogP contribution in [0.3, 0.4) is 0 Å². The molecule has 1 aliphatic rings. The maximum Gasteiger partial charge on any atom is 0.315 e. The number of nitrogens with zero attached hydrogens (tertiary/aromatic N) is 1. The van der Waals surface area contributed by atoms with Crippen molar-refractivity contribution >= 4 is 5.97 Å². The molecular weight excluding hydrogens is 202 g/mol. The molecular formula is C13H17NO2. The van der Waals surface area contributed by atoms with Crippen LogP contribution in [-0.2, 0) is 15.6 Å². The fraction of sp³-hybridized carbons (Fsp3) is 0.538. The molecule has 0 saturated heterocycles. The molecule has 1 aliphatic carbocycles. The summed E-state index contributed by atoms with van der Waals surface area (Å²) >= 11 is 0. The maximum atomic E-state index is 11.2. The molecule has 0 bridgehead atoms. The first-order valence-corrected chi connectivity index (χ1v) is 5.58. The molecule has 1 heterocycles. The van der Waals surface area contributed by atoms with E-state index in [1.165, 1.54) is 0 Å². The van der Waals surface area contributed by atoms with Crippen molar-refractivity contribution in [1.29, 1.82) is 0 Å². The number of hydrogen-bond acceptors (Lipinski definition) is 2. The third kappa shape index (κ3) is 1.70. The summed E-state index contributed by atoms with van der Waals surface area (Å²) < 4.78 is 0. The van der Waals surface area contributed by atoms with Crippen molar-refractivity contribution in [3.63, 3.8) is 0 Å². The van der Waals surface area contributed by atoms with Crippen LogP contribution in [0.4, 0.5) is 0 Å². The Hall–Kier alpha value is -1.38. The number of aromatic nitrogens is 1. The second-order valence-electron chi connectivity index (χ2n) is 5.55. The second-order valence-corrected chi connectivity index (χ2v) is 5.55. The number of carbonyl (C=O) groups is 1. The summed E-state index contributed by atoms with van der Waals surface area (Å²) in [6.07, 6.45) is 1.42. The summed E-state index contributed by atoms with van der Waals surface area (Å²) in [6, 6.07) is 5.70. The summed E-state index contributed by atoms with van der Waals surface area (Å²) in [7, 11) is 0. The zero-order chi connectivity index (χ0) is 12.0. The van der Waals surface area contributed by atoms with Crippen molar-refractivity contribution in [3.05, 3.63) is 29.6 Å². The Balaban J connectivity index is 2.41. The molecule has 2 rings (SSSR count). The molecule has 86 valence electrons. The van der Waals surface area contributed by atoms with Gasteiger partial charge in [-0.15, -0.1) is 0 Å². The van der Waals surface area contributed by atoms with Gasteiger partial charge in [0, 0.05) is 11.1 Å². The molecule has 0 amide bonds. The molecule has 1 fully saturated rings. The summed E-state index contributed by atoms with van der Waals surface area (Å²) in [5, 5.41) is 9.21. The zero-order valence-corrected chi connectivity index (χ0v) is 9.95. The molecule has 0 atom stereocenters. The van der Waals surface area contributed by atoms with E-state index in [4.69, 9.17) is 0 Å². The van der Waals surface area contributed by atoms with E-state index in [0.717, 1.165) is 5.69 Å². The van der Waals surface area contributed by atoms with E-state index < -0.39 is 11.4 Å². The lowest BCUT2D eigenvalue weighted by Gasteiger charge is -2.19. The standard InChI is InChI=1S/C13H17NO2/c1-12(2,3)9-5-4-6-10(14-9)13(7-8-13)11(15)16/h4-6H,7-8H2,1-3H3,(H,15,16). The zero-order valence-electron chi connectivity index (χ0n) is 9.95. The average molecular weight is 219 g/mol. The van der Waals surface area contributed by atoms with E-state index >= 15 is 0 Å². The van der Waals surface area contributed by atoms with Crippen LogP contribution in [0.5, 0.6) is 0 Å². The van der Waals surface area contributed by atoms with Gasteiger partial charge in [-0.05, 0) is 25.0 Å². The number of carboxylic acids is 1. The van der Waals surface area contributed by atoms with Gasteiger partial charge in [0.15, 0.2) is 0 Å². The Morgan fingerprint density at radius 3 is 2.44 bits per heavy atom. The molecule has 1 N–H and O–H groups in total. The van der Waals surface area contributed by atoms with Crippen molar-refractivity contribution in [3.8, 4) is 0 Å². The quantitative estimate of drug-likeness (QED) is 0.831. The van der Waals surface area contributed by atoms with E-state index in [1.807, 2.05) is 18.2 Å². The smallest absolute Gasteiger partial charge is 0.315 e. The molecule has 0 radical (unpaired) electrons. The molecule has 1 saturated carbocycles. The highest BCUT2D eigenvalue weighted by Gasteiger charge is 2.53. The third-order valence-corrected chi connectivity index (χ3v) is 3.17. The molecule has 3 nitrogen and oxygen atoms in total. The van der Waals surface area contributed by atoms with Gasteiger partial charge in [0.05, 0.1) is 5.69 Å². The lowest BCUT2D eigenvalue weighted by atomic mass is 9.90. The monoisotopic (exact) mass is 219 g/mol. The van der Waals surface area contributed by atoms with Crippen molar-refractivity contribution < 1.29 is 9.90 Å². The first-order valence-electron chi connectivity index (χ1n) is 5.58. The lowest BCUT2D eigenvalue weighted by molar-refractivity contribution is -0.140. The Bertz CT molecular complexity index is 428. The van der Waals surface area contributed by atoms with Crippen molar-refractivity contribution in [2.75, 3.05) is 0 Å². The van der Waals surface area contributed by atoms with Crippen LogP contribution < -0.4 is 0 Å². The van der Waals surface area contributed by atoms with Crippen LogP contribution >= 0.6 is 0 Å². The molecule has 0 spiro atoms. The Kier molecular flexibility index (Phi) is 2.30. The van der Waals surface area contributed by atoms with E-state index in [1.54, 1.807) is 0 Å². The van der Waals surface area contributed by atoms with Crippen LogP contribution in [-0.4, -0.2) is 16.1 Å². The van der Waals surface area contributed by atoms with Gasteiger partial charge in [-0.2, -0.15) is 0 Å². The van der Waals surface area contributed by atoms with Crippen LogP contribution in [0.15, 0.2) is 18.2 Å². The summed E-state index contributed by atoms with van der Waals surface area (Å²) in [4.78, 5) is 15.7. The average Bonchev–Trinajstić information content (AvgIpc) is 2.97. The minimum absolute atomic E-state index is 0.0371. The van der Waals surface area contributed by atoms with E-state index in [9.17, 15) is 9.90 Å². The van der Waals surface area contributed by atoms with Crippen molar-refractivity contribution in [1.82, 2.24) is 4.98 Å². The number of hydrogen-bond donors (Lipinski definition) is 1. The minimum atomic E-state index is -0.744. The number of rotatable bonds is 2. The summed E-state index contributed by atoms with van der Waals surface area (Å²) in [5.41, 5.74) is 0.941. The van der Waals surface area contributed by atoms with E-state index in [-0.39, 0.29) is 5.41 Å². The van der Waals surface area contributed by atoms with Gasteiger partial charge in [0.1, 0.15) is 5.41 Å². The van der Waals surface area contributed by atoms with Gasteiger partial charge >= 0.3 is 5.97 Å². The molecule has 3 heteroatoms. The second kappa shape index (κ2) is 3.30. The fourth-order valence-electron chi connectivity index (χ4n) is 1.82. The molecule has 1 aromatic rings. The van der Waals surface area contributed by atoms with Gasteiger partial charge in [-0.1, -0.05) is 26.8 Å². The Labute approximate surface area is 95.5 Å². The highest BCUT2D eigenvalue weighted by molar-refractivity contribution is 5.84. The number of aliphatic carboxylic acids is 1. The van der Waals surface area contributed by atoms with Gasteiger partial charge in [-0.25, -0.2) is 0 Å². The van der Waals surface area contributed by atoms with Gasteiger partial charge in [0.2, 0.25) is 0 Å². The lowest BCUT2D eigenvalue weighted by Crippen LogP contribution is -2.23. The molecule has 16 heavy (non-hydrogen) atoms. The normalized spacial score (nSPS) is 18.2. The molecule has 1 aromatic heterocycles. The van der Waals surface area contributed by atoms with Crippen molar-refractivity contribution in [2.24, 2.45) is 0 Å². The topological polar surface area (TPSA) is 50.2 Å². The van der Waals surface area contributed by atoms with Crippen molar-refractivity contribution in [2.45, 2.75) is 44.4 Å². The molecule has 0 aliphatic heterocycles. The molecule has 0 unspecified atom stereocenters. The van der Waals surface area contributed by atoms with E-state index in [2.05, 4.69) is 25.8 Å². The van der Waals surface area contributed by atoms with Crippen LogP contribution in [0.2, 0.25) is 0 Å². The largest absolute Gasteiger partial charge is 0.481 e. The Morgan fingerprint density at radius 2 is 2.00 bits per heavy atom. The van der Waals surface area contributed by atoms with Gasteiger partial charge < -0.3 is 5.11 Å². The highest BCUT2D eigenvalue weighted by Crippen LogP contribution is 2.47. The predicted octanol–water partition coefficient (Wildman–Crippen LogP) is 2.50. The van der Waals surface area contributed by atoms with Gasteiger partial charge in [0.25, 0.3) is 0 Å². The predicted molar refractivity (Wildman–Crippen MR) is 61.5 cm³/mol. The fourth-order valence-corrected chi connectivity index (χ4v) is 1.82. The first kappa shape index (κ1) is 11.1. The first-order chi connectivity index (χ1) is 7.36. The minimum Gasteiger partial charge on any atom is -0.481 e. The van der Waals surface area contributed by atoms with Gasteiger partial charge in [-0.3, -0.25) is 9.78 Å². The number of carboxylic acid groups (broad SMARTS) is 1. The maximum absolute atomic E-state index is 11.2. The summed E-state index contributed by atoms with van der Waals surface area (Å²) in [5.74, 6) is -0.744. The Morgan fingerprint density at radius 1 is 1.38 bits per heavy atom. The third-order valence-electron chi connectivity index (χ3n) is 3.17. The van der Waals surface area contributed by atoms with Crippen LogP contribution in [0, 0.1) is 0 Å². The molecule has 0 aromatic carbocycles. The van der Waals surface area contributed by atoms with Crippen LogP contribution in [0.1, 0.15) is 45.0 Å². The number of pyridine rings is 1. The highest BCUT2D eigenvalue weighted by atomic mass is 16.4. The SMILES string of the molecule is CC(C)(C)c1cccc(C2(C(=O)O)CC2)n1. The summed E-state index contributed by atoms with van der Waals surface area (Å²) in [6.45, 7) is 6.25. The van der Waals surface area contributed by atoms with Crippen LogP contribution in [0.25, 0.3) is 0 Å². The van der Waals surface area contributed by atoms with E-state index in [0.29, 0.717) is 18.5 Å².